The molecule has 4 rings (SSSR count). The topological polar surface area (TPSA) is 76.0 Å². The Balaban J connectivity index is 1.54. The second kappa shape index (κ2) is 8.53. The number of rotatable bonds is 7. The first kappa shape index (κ1) is 19.9. The molecule has 0 spiro atoms. The van der Waals surface area contributed by atoms with Crippen molar-refractivity contribution in [1.29, 1.82) is 0 Å². The highest BCUT2D eigenvalue weighted by Gasteiger charge is 2.24. The van der Waals surface area contributed by atoms with E-state index in [0.717, 1.165) is 24.8 Å². The van der Waals surface area contributed by atoms with E-state index < -0.39 is 0 Å². The molecule has 0 aliphatic heterocycles. The van der Waals surface area contributed by atoms with Crippen molar-refractivity contribution in [3.8, 4) is 5.69 Å². The number of carbonyl (C=O) groups is 1. The molecule has 0 bridgehead atoms. The molecule has 0 saturated heterocycles. The van der Waals surface area contributed by atoms with E-state index in [0.29, 0.717) is 23.6 Å². The van der Waals surface area contributed by atoms with E-state index in [1.807, 2.05) is 25.1 Å². The molecule has 2 N–H and O–H groups in total. The second-order valence-electron chi connectivity index (χ2n) is 7.80. The van der Waals surface area contributed by atoms with Gasteiger partial charge in [-0.1, -0.05) is 30.3 Å². The molecule has 3 aromatic rings. The molecule has 6 heteroatoms. The van der Waals surface area contributed by atoms with E-state index in [-0.39, 0.29) is 17.5 Å². The van der Waals surface area contributed by atoms with Crippen molar-refractivity contribution in [2.75, 3.05) is 11.9 Å². The predicted molar refractivity (Wildman–Crippen MR) is 118 cm³/mol. The average Bonchev–Trinajstić information content (AvgIpc) is 3.55. The molecular weight excluding hydrogens is 376 g/mol. The first-order valence-corrected chi connectivity index (χ1v) is 10.3. The Morgan fingerprint density at radius 1 is 1.13 bits per heavy atom. The van der Waals surface area contributed by atoms with E-state index in [9.17, 15) is 9.59 Å². The number of anilines is 1. The Bertz CT molecular complexity index is 1130. The van der Waals surface area contributed by atoms with E-state index in [1.54, 1.807) is 29.1 Å². The summed E-state index contributed by atoms with van der Waals surface area (Å²) in [5, 5.41) is 6.16. The third-order valence-corrected chi connectivity index (χ3v) is 5.43. The number of aryl methyl sites for hydroxylation is 2. The molecule has 1 heterocycles. The molecule has 1 aliphatic rings. The molecule has 0 atom stereocenters. The summed E-state index contributed by atoms with van der Waals surface area (Å²) in [7, 11) is 0. The normalized spacial score (nSPS) is 13.1. The molecule has 0 unspecified atom stereocenters. The van der Waals surface area contributed by atoms with Gasteiger partial charge in [-0.15, -0.1) is 0 Å². The van der Waals surface area contributed by atoms with Gasteiger partial charge in [0.25, 0.3) is 11.5 Å². The van der Waals surface area contributed by atoms with Crippen molar-refractivity contribution in [3.05, 3.63) is 87.5 Å². The van der Waals surface area contributed by atoms with E-state index in [4.69, 9.17) is 0 Å². The molecule has 154 valence electrons. The van der Waals surface area contributed by atoms with Crippen LogP contribution in [0.15, 0.2) is 59.7 Å². The van der Waals surface area contributed by atoms with Gasteiger partial charge in [-0.05, 0) is 61.9 Å². The van der Waals surface area contributed by atoms with Gasteiger partial charge in [0.15, 0.2) is 5.82 Å². The van der Waals surface area contributed by atoms with Gasteiger partial charge in [0.2, 0.25) is 0 Å². The van der Waals surface area contributed by atoms with Crippen LogP contribution in [0, 0.1) is 13.8 Å². The molecule has 1 fully saturated rings. The van der Waals surface area contributed by atoms with Crippen LogP contribution in [0.3, 0.4) is 0 Å². The summed E-state index contributed by atoms with van der Waals surface area (Å²) < 4.78 is 1.55. The number of hydrogen-bond acceptors (Lipinski definition) is 4. The third kappa shape index (κ3) is 4.43. The number of nitrogens with zero attached hydrogens (tertiary/aromatic N) is 2. The third-order valence-electron chi connectivity index (χ3n) is 5.43. The second-order valence-corrected chi connectivity index (χ2v) is 7.80. The predicted octanol–water partition coefficient (Wildman–Crippen LogP) is 3.40. The summed E-state index contributed by atoms with van der Waals surface area (Å²) in [6.45, 7) is 4.62. The van der Waals surface area contributed by atoms with Crippen LogP contribution in [-0.4, -0.2) is 28.0 Å². The van der Waals surface area contributed by atoms with Crippen molar-refractivity contribution in [3.63, 3.8) is 0 Å². The zero-order valence-electron chi connectivity index (χ0n) is 17.3. The number of carbonyl (C=O) groups excluding carboxylic acids is 1. The van der Waals surface area contributed by atoms with E-state index in [2.05, 4.69) is 34.7 Å². The number of benzene rings is 2. The van der Waals surface area contributed by atoms with Crippen LogP contribution in [0.2, 0.25) is 0 Å². The van der Waals surface area contributed by atoms with E-state index >= 15 is 0 Å². The Morgan fingerprint density at radius 3 is 2.70 bits per heavy atom. The van der Waals surface area contributed by atoms with Crippen LogP contribution in [-0.2, 0) is 6.42 Å². The smallest absolute Gasteiger partial charge is 0.297 e. The standard InChI is InChI=1S/C24H26N4O2/c1-16-5-3-4-6-18(16)11-12-25-22-24(30)28(14-13-26-22)21-15-19(8-7-17(21)2)23(29)27-20-9-10-20/h3-8,13-15,20H,9-12H2,1-2H3,(H,25,26)(H,27,29). The fraction of sp³-hybridized carbons (Fsp3) is 0.292. The lowest BCUT2D eigenvalue weighted by Gasteiger charge is -2.13. The van der Waals surface area contributed by atoms with Gasteiger partial charge < -0.3 is 10.6 Å². The molecule has 2 aromatic carbocycles. The van der Waals surface area contributed by atoms with Crippen molar-refractivity contribution >= 4 is 11.7 Å². The summed E-state index contributed by atoms with van der Waals surface area (Å²) in [5.74, 6) is 0.204. The van der Waals surface area contributed by atoms with Crippen molar-refractivity contribution in [2.45, 2.75) is 39.2 Å². The highest BCUT2D eigenvalue weighted by molar-refractivity contribution is 5.95. The fourth-order valence-electron chi connectivity index (χ4n) is 3.44. The monoisotopic (exact) mass is 402 g/mol. The summed E-state index contributed by atoms with van der Waals surface area (Å²) >= 11 is 0. The summed E-state index contributed by atoms with van der Waals surface area (Å²) in [6, 6.07) is 13.9. The van der Waals surface area contributed by atoms with Crippen LogP contribution in [0.1, 0.15) is 39.9 Å². The van der Waals surface area contributed by atoms with Gasteiger partial charge in [-0.25, -0.2) is 4.98 Å². The lowest BCUT2D eigenvalue weighted by atomic mass is 10.1. The van der Waals surface area contributed by atoms with Crippen LogP contribution in [0.25, 0.3) is 5.69 Å². The first-order chi connectivity index (χ1) is 14.5. The van der Waals surface area contributed by atoms with Crippen LogP contribution >= 0.6 is 0 Å². The fourth-order valence-corrected chi connectivity index (χ4v) is 3.44. The highest BCUT2D eigenvalue weighted by Crippen LogP contribution is 2.21. The molecule has 1 amide bonds. The maximum Gasteiger partial charge on any atom is 0.297 e. The quantitative estimate of drug-likeness (QED) is 0.635. The first-order valence-electron chi connectivity index (χ1n) is 10.3. The number of nitrogens with one attached hydrogen (secondary N) is 2. The minimum Gasteiger partial charge on any atom is -0.365 e. The molecule has 30 heavy (non-hydrogen) atoms. The zero-order valence-corrected chi connectivity index (χ0v) is 17.3. The van der Waals surface area contributed by atoms with Gasteiger partial charge >= 0.3 is 0 Å². The Hall–Kier alpha value is -3.41. The van der Waals surface area contributed by atoms with Crippen molar-refractivity contribution in [2.24, 2.45) is 0 Å². The Morgan fingerprint density at radius 2 is 1.93 bits per heavy atom. The maximum atomic E-state index is 13.0. The molecule has 0 radical (unpaired) electrons. The van der Waals surface area contributed by atoms with Gasteiger partial charge in [0.05, 0.1) is 5.69 Å². The summed E-state index contributed by atoms with van der Waals surface area (Å²) in [4.78, 5) is 29.7. The van der Waals surface area contributed by atoms with Crippen LogP contribution < -0.4 is 16.2 Å². The van der Waals surface area contributed by atoms with Crippen LogP contribution in [0.5, 0.6) is 0 Å². The average molecular weight is 402 g/mol. The SMILES string of the molecule is Cc1ccccc1CCNc1nccn(-c2cc(C(=O)NC3CC3)ccc2C)c1=O. The summed E-state index contributed by atoms with van der Waals surface area (Å²) in [6.07, 6.45) is 6.11. The zero-order chi connectivity index (χ0) is 21.1. The van der Waals surface area contributed by atoms with Crippen molar-refractivity contribution < 1.29 is 4.79 Å². The Labute approximate surface area is 176 Å². The molecule has 6 nitrogen and oxygen atoms in total. The minimum absolute atomic E-state index is 0.0996. The lowest BCUT2D eigenvalue weighted by Crippen LogP contribution is -2.27. The minimum atomic E-state index is -0.231. The van der Waals surface area contributed by atoms with E-state index in [1.165, 1.54) is 11.1 Å². The number of amides is 1. The Kier molecular flexibility index (Phi) is 5.65. The van der Waals surface area contributed by atoms with Gasteiger partial charge in [-0.2, -0.15) is 0 Å². The molecule has 1 aromatic heterocycles. The highest BCUT2D eigenvalue weighted by atomic mass is 16.2. The number of hydrogen-bond donors (Lipinski definition) is 2. The molecule has 1 aliphatic carbocycles. The molecular formula is C24H26N4O2. The van der Waals surface area contributed by atoms with Gasteiger partial charge in [0.1, 0.15) is 0 Å². The lowest BCUT2D eigenvalue weighted by molar-refractivity contribution is 0.0951. The van der Waals surface area contributed by atoms with Crippen LogP contribution in [0.4, 0.5) is 5.82 Å². The van der Waals surface area contributed by atoms with Crippen molar-refractivity contribution in [1.82, 2.24) is 14.9 Å². The summed E-state index contributed by atoms with van der Waals surface area (Å²) in [5.41, 5.74) is 4.40. The maximum absolute atomic E-state index is 13.0. The van der Waals surface area contributed by atoms with Gasteiger partial charge in [-0.3, -0.25) is 14.2 Å². The van der Waals surface area contributed by atoms with Gasteiger partial charge in [0, 0.05) is 30.5 Å². The molecule has 1 saturated carbocycles. The number of aromatic nitrogens is 2. The largest absolute Gasteiger partial charge is 0.365 e.